The monoisotopic (exact) mass is 605 g/mol. The van der Waals surface area contributed by atoms with Crippen LogP contribution in [0.15, 0.2) is 54.9 Å². The zero-order valence-corrected chi connectivity index (χ0v) is 26.1. The second kappa shape index (κ2) is 12.8. The van der Waals surface area contributed by atoms with Crippen LogP contribution in [-0.2, 0) is 14.3 Å². The normalized spacial score (nSPS) is 11.5. The van der Waals surface area contributed by atoms with Gasteiger partial charge in [-0.3, -0.25) is 14.2 Å². The molecule has 2 amide bonds. The van der Waals surface area contributed by atoms with Gasteiger partial charge in [-0.25, -0.2) is 14.8 Å². The van der Waals surface area contributed by atoms with E-state index >= 15 is 0 Å². The molecule has 0 unspecified atom stereocenters. The van der Waals surface area contributed by atoms with Crippen LogP contribution < -0.4 is 15.5 Å². The number of para-hydroxylation sites is 1. The molecule has 4 aromatic rings. The first-order valence-electron chi connectivity index (χ1n) is 13.7. The summed E-state index contributed by atoms with van der Waals surface area (Å²) in [7, 11) is 5.48. The van der Waals surface area contributed by atoms with Crippen molar-refractivity contribution in [1.29, 1.82) is 0 Å². The second-order valence-corrected chi connectivity index (χ2v) is 11.8. The first-order valence-corrected chi connectivity index (χ1v) is 14.1. The SMILES string of the molecule is CC(=O)Nc1cc(Nc2ncc(Cl)c(-c3cn(C(=O)OC(C)(C)C)c4ccccc34)n2)ccc1N(C)C(=O)CCN(C)C. The van der Waals surface area contributed by atoms with Crippen molar-refractivity contribution >= 4 is 63.4 Å². The number of hydrogen-bond acceptors (Lipinski definition) is 8. The Morgan fingerprint density at radius 3 is 2.47 bits per heavy atom. The molecule has 2 heterocycles. The first kappa shape index (κ1) is 31.5. The minimum Gasteiger partial charge on any atom is -0.443 e. The molecule has 2 N–H and O–H groups in total. The highest BCUT2D eigenvalue weighted by molar-refractivity contribution is 6.33. The van der Waals surface area contributed by atoms with Crippen LogP contribution in [0.2, 0.25) is 5.02 Å². The van der Waals surface area contributed by atoms with Crippen LogP contribution in [0.5, 0.6) is 0 Å². The van der Waals surface area contributed by atoms with Crippen molar-refractivity contribution in [3.63, 3.8) is 0 Å². The summed E-state index contributed by atoms with van der Waals surface area (Å²) in [5, 5.41) is 7.02. The fraction of sp³-hybridized carbons (Fsp3) is 0.323. The molecule has 0 aliphatic carbocycles. The Hall–Kier alpha value is -4.48. The average molecular weight is 606 g/mol. The quantitative estimate of drug-likeness (QED) is 0.245. The zero-order valence-electron chi connectivity index (χ0n) is 25.4. The summed E-state index contributed by atoms with van der Waals surface area (Å²) in [5.41, 5.74) is 2.60. The lowest BCUT2D eigenvalue weighted by molar-refractivity contribution is -0.118. The Morgan fingerprint density at radius 2 is 1.79 bits per heavy atom. The molecule has 4 rings (SSSR count). The highest BCUT2D eigenvalue weighted by Gasteiger charge is 2.23. The number of carbonyl (C=O) groups is 3. The maximum Gasteiger partial charge on any atom is 0.419 e. The summed E-state index contributed by atoms with van der Waals surface area (Å²) in [5.74, 6) is -0.124. The van der Waals surface area contributed by atoms with Gasteiger partial charge in [0.15, 0.2) is 0 Å². The van der Waals surface area contributed by atoms with Crippen molar-refractivity contribution in [3.8, 4) is 11.3 Å². The molecule has 0 spiro atoms. The predicted molar refractivity (Wildman–Crippen MR) is 170 cm³/mol. The Labute approximate surface area is 255 Å². The van der Waals surface area contributed by atoms with Gasteiger partial charge in [-0.2, -0.15) is 0 Å². The third kappa shape index (κ3) is 7.68. The standard InChI is InChI=1S/C31H36ClN7O4/c1-19(40)34-24-16-20(12-13-26(24)38(7)27(41)14-15-37(5)6)35-29-33-17-23(32)28(36-29)22-18-39(30(42)43-31(2,3)4)25-11-9-8-10-21(22)25/h8-13,16-18H,14-15H2,1-7H3,(H,34,40)(H,33,35,36). The van der Waals surface area contributed by atoms with Gasteiger partial charge in [0.1, 0.15) is 5.60 Å². The molecule has 0 atom stereocenters. The van der Waals surface area contributed by atoms with Gasteiger partial charge in [0.25, 0.3) is 0 Å². The molecule has 0 fully saturated rings. The van der Waals surface area contributed by atoms with Crippen LogP contribution in [0.3, 0.4) is 0 Å². The van der Waals surface area contributed by atoms with Gasteiger partial charge >= 0.3 is 6.09 Å². The summed E-state index contributed by atoms with van der Waals surface area (Å²) in [4.78, 5) is 50.3. The van der Waals surface area contributed by atoms with E-state index in [4.69, 9.17) is 16.3 Å². The van der Waals surface area contributed by atoms with Crippen LogP contribution in [0, 0.1) is 0 Å². The number of halogens is 1. The third-order valence-electron chi connectivity index (χ3n) is 6.37. The number of nitrogens with one attached hydrogen (secondary N) is 2. The maximum absolute atomic E-state index is 13.0. The number of amides is 2. The average Bonchev–Trinajstić information content (AvgIpc) is 3.31. The molecular weight excluding hydrogens is 570 g/mol. The molecular formula is C31H36ClN7O4. The van der Waals surface area contributed by atoms with Crippen molar-refractivity contribution in [2.24, 2.45) is 0 Å². The number of anilines is 4. The minimum atomic E-state index is -0.674. The van der Waals surface area contributed by atoms with Gasteiger partial charge in [-0.1, -0.05) is 29.8 Å². The Kier molecular flexibility index (Phi) is 9.37. The molecule has 12 heteroatoms. The fourth-order valence-corrected chi connectivity index (χ4v) is 4.59. The summed E-state index contributed by atoms with van der Waals surface area (Å²) >= 11 is 6.58. The van der Waals surface area contributed by atoms with E-state index in [1.807, 2.05) is 64.0 Å². The van der Waals surface area contributed by atoms with Crippen LogP contribution in [-0.4, -0.2) is 70.6 Å². The number of fused-ring (bicyclic) bond motifs is 1. The van der Waals surface area contributed by atoms with E-state index in [0.29, 0.717) is 51.8 Å². The summed E-state index contributed by atoms with van der Waals surface area (Å²) in [6.07, 6.45) is 2.94. The minimum absolute atomic E-state index is 0.0859. The molecule has 0 aliphatic rings. The molecule has 2 aromatic heterocycles. The second-order valence-electron chi connectivity index (χ2n) is 11.3. The molecule has 0 bridgehead atoms. The van der Waals surface area contributed by atoms with Crippen LogP contribution in [0.4, 0.5) is 27.8 Å². The number of benzene rings is 2. The van der Waals surface area contributed by atoms with Crippen LogP contribution in [0.1, 0.15) is 34.1 Å². The van der Waals surface area contributed by atoms with E-state index < -0.39 is 11.7 Å². The summed E-state index contributed by atoms with van der Waals surface area (Å²) < 4.78 is 7.05. The molecule has 0 radical (unpaired) electrons. The molecule has 43 heavy (non-hydrogen) atoms. The van der Waals surface area contributed by atoms with E-state index in [-0.39, 0.29) is 17.8 Å². The smallest absolute Gasteiger partial charge is 0.419 e. The van der Waals surface area contributed by atoms with Gasteiger partial charge in [-0.15, -0.1) is 0 Å². The van der Waals surface area contributed by atoms with E-state index in [0.717, 1.165) is 5.39 Å². The lowest BCUT2D eigenvalue weighted by atomic mass is 10.1. The van der Waals surface area contributed by atoms with Gasteiger partial charge < -0.3 is 25.2 Å². The zero-order chi connectivity index (χ0) is 31.5. The molecule has 11 nitrogen and oxygen atoms in total. The Bertz CT molecular complexity index is 1680. The number of aromatic nitrogens is 3. The van der Waals surface area contributed by atoms with Crippen molar-refractivity contribution in [3.05, 3.63) is 59.9 Å². The highest BCUT2D eigenvalue weighted by Crippen LogP contribution is 2.35. The first-order chi connectivity index (χ1) is 20.2. The molecule has 2 aromatic carbocycles. The molecule has 0 saturated heterocycles. The predicted octanol–water partition coefficient (Wildman–Crippen LogP) is 6.15. The fourth-order valence-electron chi connectivity index (χ4n) is 4.39. The number of rotatable bonds is 8. The Morgan fingerprint density at radius 1 is 1.07 bits per heavy atom. The molecule has 0 saturated carbocycles. The summed E-state index contributed by atoms with van der Waals surface area (Å²) in [6, 6.07) is 12.6. The van der Waals surface area contributed by atoms with Crippen molar-refractivity contribution in [2.75, 3.05) is 43.2 Å². The number of ether oxygens (including phenoxy) is 1. The van der Waals surface area contributed by atoms with E-state index in [1.165, 1.54) is 22.6 Å². The lowest BCUT2D eigenvalue weighted by Gasteiger charge is -2.22. The number of nitrogens with zero attached hydrogens (tertiary/aromatic N) is 5. The highest BCUT2D eigenvalue weighted by atomic mass is 35.5. The Balaban J connectivity index is 1.68. The largest absolute Gasteiger partial charge is 0.443 e. The third-order valence-corrected chi connectivity index (χ3v) is 6.65. The number of hydrogen-bond donors (Lipinski definition) is 2. The molecule has 226 valence electrons. The topological polar surface area (TPSA) is 122 Å². The molecule has 0 aliphatic heterocycles. The maximum atomic E-state index is 13.0. The van der Waals surface area contributed by atoms with Gasteiger partial charge in [0.05, 0.1) is 33.8 Å². The van der Waals surface area contributed by atoms with Crippen molar-refractivity contribution in [2.45, 2.75) is 39.7 Å². The van der Waals surface area contributed by atoms with Crippen LogP contribution in [0.25, 0.3) is 22.2 Å². The number of carbonyl (C=O) groups excluding carboxylic acids is 3. The van der Waals surface area contributed by atoms with Gasteiger partial charge in [0.2, 0.25) is 17.8 Å². The van der Waals surface area contributed by atoms with Gasteiger partial charge in [-0.05, 0) is 59.1 Å². The van der Waals surface area contributed by atoms with E-state index in [9.17, 15) is 14.4 Å². The van der Waals surface area contributed by atoms with Crippen molar-refractivity contribution in [1.82, 2.24) is 19.4 Å². The van der Waals surface area contributed by atoms with Gasteiger partial charge in [0, 0.05) is 49.8 Å². The van der Waals surface area contributed by atoms with Crippen LogP contribution >= 0.6 is 11.6 Å². The van der Waals surface area contributed by atoms with E-state index in [2.05, 4.69) is 20.6 Å². The summed E-state index contributed by atoms with van der Waals surface area (Å²) in [6.45, 7) is 7.43. The van der Waals surface area contributed by atoms with Crippen molar-refractivity contribution < 1.29 is 19.1 Å². The van der Waals surface area contributed by atoms with E-state index in [1.54, 1.807) is 31.4 Å². The lowest BCUT2D eigenvalue weighted by Crippen LogP contribution is -2.30.